The van der Waals surface area contributed by atoms with Gasteiger partial charge in [-0.15, -0.1) is 0 Å². The van der Waals surface area contributed by atoms with Gasteiger partial charge in [-0.2, -0.15) is 0 Å². The minimum absolute atomic E-state index is 0.0998. The molecule has 0 atom stereocenters. The normalized spacial score (nSPS) is 10.8. The van der Waals surface area contributed by atoms with Gasteiger partial charge in [-0.3, -0.25) is 0 Å². The number of carbonyl (C=O) groups excluding carboxylic acids is 4. The van der Waals surface area contributed by atoms with Crippen molar-refractivity contribution in [2.75, 3.05) is 26.4 Å². The van der Waals surface area contributed by atoms with E-state index < -0.39 is 23.9 Å². The van der Waals surface area contributed by atoms with Crippen molar-refractivity contribution in [3.8, 4) is 11.1 Å². The van der Waals surface area contributed by atoms with Crippen molar-refractivity contribution in [1.82, 2.24) is 0 Å². The number of benzene rings is 2. The van der Waals surface area contributed by atoms with E-state index in [4.69, 9.17) is 18.9 Å². The van der Waals surface area contributed by atoms with Crippen LogP contribution in [-0.2, 0) is 18.9 Å². The average molecular weight is 667 g/mol. The van der Waals surface area contributed by atoms with Gasteiger partial charge >= 0.3 is 23.9 Å². The zero-order valence-electron chi connectivity index (χ0n) is 29.9. The summed E-state index contributed by atoms with van der Waals surface area (Å²) < 4.78 is 22.8. The molecule has 0 aliphatic heterocycles. The Hall–Kier alpha value is -3.68. The predicted octanol–water partition coefficient (Wildman–Crippen LogP) is 10.3. The minimum atomic E-state index is -0.878. The Labute approximate surface area is 288 Å². The van der Waals surface area contributed by atoms with Gasteiger partial charge in [0.2, 0.25) is 0 Å². The highest BCUT2D eigenvalue weighted by atomic mass is 16.5. The lowest BCUT2D eigenvalue weighted by molar-refractivity contribution is 0.0416. The second-order valence-corrected chi connectivity index (χ2v) is 12.2. The number of hydrogen-bond acceptors (Lipinski definition) is 8. The highest BCUT2D eigenvalue weighted by Crippen LogP contribution is 2.34. The van der Waals surface area contributed by atoms with Gasteiger partial charge in [0.15, 0.2) is 0 Å². The highest BCUT2D eigenvalue weighted by molar-refractivity contribution is 6.18. The molecule has 0 bridgehead atoms. The highest BCUT2D eigenvalue weighted by Gasteiger charge is 2.36. The Morgan fingerprint density at radius 2 is 0.812 bits per heavy atom. The van der Waals surface area contributed by atoms with Crippen LogP contribution in [-0.4, -0.2) is 50.3 Å². The quantitative estimate of drug-likeness (QED) is 0.0586. The van der Waals surface area contributed by atoms with Crippen LogP contribution in [0.3, 0.4) is 0 Å². The Balaban J connectivity index is 2.74. The van der Waals surface area contributed by atoms with E-state index in [-0.39, 0.29) is 54.2 Å². The summed E-state index contributed by atoms with van der Waals surface area (Å²) in [6, 6.07) is 10.4. The molecule has 2 aromatic carbocycles. The third kappa shape index (κ3) is 13.8. The lowest BCUT2D eigenvalue weighted by atomic mass is 9.88. The summed E-state index contributed by atoms with van der Waals surface area (Å²) in [7, 11) is 0. The lowest BCUT2D eigenvalue weighted by Crippen LogP contribution is -2.25. The molecule has 8 nitrogen and oxygen atoms in total. The minimum Gasteiger partial charge on any atom is -0.462 e. The van der Waals surface area contributed by atoms with Crippen molar-refractivity contribution < 1.29 is 38.1 Å². The van der Waals surface area contributed by atoms with Gasteiger partial charge in [-0.25, -0.2) is 19.2 Å². The van der Waals surface area contributed by atoms with Crippen molar-refractivity contribution in [3.05, 3.63) is 58.7 Å². The first-order valence-corrected chi connectivity index (χ1v) is 18.4. The summed E-state index contributed by atoms with van der Waals surface area (Å²) in [5, 5.41) is 0. The van der Waals surface area contributed by atoms with Crippen LogP contribution in [0.2, 0.25) is 0 Å². The molecule has 0 heterocycles. The number of unbranched alkanes of at least 4 members (excludes halogenated alkanes) is 12. The maximum absolute atomic E-state index is 14.1. The van der Waals surface area contributed by atoms with E-state index in [0.717, 1.165) is 77.0 Å². The zero-order valence-corrected chi connectivity index (χ0v) is 29.9. The number of ether oxygens (including phenoxy) is 4. The summed E-state index contributed by atoms with van der Waals surface area (Å²) in [5.41, 5.74) is -0.0384. The van der Waals surface area contributed by atoms with Gasteiger partial charge in [-0.05, 0) is 42.9 Å². The molecular formula is C40H58O8. The predicted molar refractivity (Wildman–Crippen MR) is 190 cm³/mol. The molecule has 0 radical (unpaired) electrons. The van der Waals surface area contributed by atoms with Gasteiger partial charge in [-0.1, -0.05) is 135 Å². The van der Waals surface area contributed by atoms with Crippen molar-refractivity contribution in [1.29, 1.82) is 0 Å². The van der Waals surface area contributed by atoms with Gasteiger partial charge in [0, 0.05) is 0 Å². The maximum atomic E-state index is 14.1. The summed E-state index contributed by atoms with van der Waals surface area (Å²) in [6.45, 7) is 8.88. The Morgan fingerprint density at radius 1 is 0.438 bits per heavy atom. The van der Waals surface area contributed by atoms with E-state index >= 15 is 0 Å². The fraction of sp³-hybridized carbons (Fsp3) is 0.600. The summed E-state index contributed by atoms with van der Waals surface area (Å²) in [6.07, 6.45) is 14.2. The second-order valence-electron chi connectivity index (χ2n) is 12.2. The van der Waals surface area contributed by atoms with E-state index in [1.54, 1.807) is 24.3 Å². The number of carbonyl (C=O) groups is 4. The molecule has 0 spiro atoms. The van der Waals surface area contributed by atoms with E-state index in [0.29, 0.717) is 31.2 Å². The third-order valence-corrected chi connectivity index (χ3v) is 8.17. The van der Waals surface area contributed by atoms with Gasteiger partial charge in [0.1, 0.15) is 0 Å². The van der Waals surface area contributed by atoms with Crippen LogP contribution in [0.4, 0.5) is 0 Å². The Kier molecular flexibility index (Phi) is 20.6. The molecule has 2 rings (SSSR count). The van der Waals surface area contributed by atoms with E-state index in [1.807, 2.05) is 6.07 Å². The summed E-state index contributed by atoms with van der Waals surface area (Å²) in [5.74, 6) is -3.28. The Bertz CT molecular complexity index is 1250. The first-order valence-electron chi connectivity index (χ1n) is 18.4. The molecule has 0 aliphatic rings. The Morgan fingerprint density at radius 3 is 1.23 bits per heavy atom. The molecule has 0 saturated heterocycles. The van der Waals surface area contributed by atoms with Crippen molar-refractivity contribution in [2.24, 2.45) is 0 Å². The van der Waals surface area contributed by atoms with E-state index in [2.05, 4.69) is 27.7 Å². The first kappa shape index (κ1) is 40.5. The van der Waals surface area contributed by atoms with Crippen molar-refractivity contribution in [2.45, 2.75) is 130 Å². The number of esters is 4. The van der Waals surface area contributed by atoms with Crippen LogP contribution < -0.4 is 0 Å². The molecule has 0 aromatic heterocycles. The van der Waals surface area contributed by atoms with Gasteiger partial charge < -0.3 is 18.9 Å². The van der Waals surface area contributed by atoms with Gasteiger partial charge in [0.05, 0.1) is 48.7 Å². The van der Waals surface area contributed by atoms with Crippen LogP contribution in [0.5, 0.6) is 0 Å². The number of rotatable bonds is 25. The molecule has 8 heteroatoms. The van der Waals surface area contributed by atoms with Gasteiger partial charge in [0.25, 0.3) is 0 Å². The average Bonchev–Trinajstić information content (AvgIpc) is 3.10. The molecule has 266 valence electrons. The second kappa shape index (κ2) is 24.5. The fourth-order valence-corrected chi connectivity index (χ4v) is 5.39. The molecule has 2 aromatic rings. The first-order chi connectivity index (χ1) is 23.4. The molecule has 0 saturated carbocycles. The summed E-state index contributed by atoms with van der Waals surface area (Å²) >= 11 is 0. The van der Waals surface area contributed by atoms with Crippen molar-refractivity contribution >= 4 is 23.9 Å². The molecule has 0 N–H and O–H groups in total. The van der Waals surface area contributed by atoms with Crippen LogP contribution in [0.15, 0.2) is 36.4 Å². The maximum Gasteiger partial charge on any atom is 0.339 e. The van der Waals surface area contributed by atoms with Crippen LogP contribution >= 0.6 is 0 Å². The third-order valence-electron chi connectivity index (χ3n) is 8.17. The van der Waals surface area contributed by atoms with E-state index in [9.17, 15) is 19.2 Å². The van der Waals surface area contributed by atoms with E-state index in [1.165, 1.54) is 6.07 Å². The number of hydrogen-bond donors (Lipinski definition) is 0. The lowest BCUT2D eigenvalue weighted by Gasteiger charge is -2.20. The zero-order chi connectivity index (χ0) is 35.0. The smallest absolute Gasteiger partial charge is 0.339 e. The molecule has 0 aliphatic carbocycles. The van der Waals surface area contributed by atoms with Crippen LogP contribution in [0, 0.1) is 0 Å². The topological polar surface area (TPSA) is 105 Å². The van der Waals surface area contributed by atoms with Crippen LogP contribution in [0.25, 0.3) is 11.1 Å². The largest absolute Gasteiger partial charge is 0.462 e. The monoisotopic (exact) mass is 666 g/mol. The molecular weight excluding hydrogens is 608 g/mol. The molecule has 48 heavy (non-hydrogen) atoms. The standard InChI is InChI=1S/C40H58O8/c1-5-9-13-20-26-45-37(41)33-30-32(31-24-18-17-19-25-31)34(38(42)46-27-21-14-10-6-2)36(40(44)48-29-23-16-12-8-4)35(33)39(43)47-28-22-15-11-7-3/h17-19,24-25,30H,5-16,20-23,26-29H2,1-4H3. The molecule has 0 fully saturated rings. The van der Waals surface area contributed by atoms with Crippen LogP contribution in [0.1, 0.15) is 172 Å². The molecule has 0 amide bonds. The summed E-state index contributed by atoms with van der Waals surface area (Å²) in [4.78, 5) is 55.7. The SMILES string of the molecule is CCCCCCOC(=O)c1cc(-c2ccccc2)c(C(=O)OCCCCCC)c(C(=O)OCCCCCC)c1C(=O)OCCCCCC. The van der Waals surface area contributed by atoms with Crippen molar-refractivity contribution in [3.63, 3.8) is 0 Å². The molecule has 0 unspecified atom stereocenters. The fourth-order valence-electron chi connectivity index (χ4n) is 5.39.